The molecule has 0 spiro atoms. The van der Waals surface area contributed by atoms with Crippen molar-refractivity contribution in [1.82, 2.24) is 20.4 Å². The molecule has 0 radical (unpaired) electrons. The summed E-state index contributed by atoms with van der Waals surface area (Å²) >= 11 is 0. The largest absolute Gasteiger partial charge is 0.481 e. The Morgan fingerprint density at radius 3 is 3.00 bits per heavy atom. The van der Waals surface area contributed by atoms with Crippen molar-refractivity contribution in [2.45, 2.75) is 32.6 Å². The third-order valence-corrected chi connectivity index (χ3v) is 3.52. The molecule has 8 nitrogen and oxygen atoms in total. The highest BCUT2D eigenvalue weighted by atomic mass is 16.5. The van der Waals surface area contributed by atoms with Crippen molar-refractivity contribution >= 4 is 12.0 Å². The van der Waals surface area contributed by atoms with Crippen LogP contribution in [0.15, 0.2) is 4.52 Å². The number of amides is 2. The summed E-state index contributed by atoms with van der Waals surface area (Å²) in [6, 6.07) is -0.121. The van der Waals surface area contributed by atoms with Gasteiger partial charge in [0.25, 0.3) is 0 Å². The van der Waals surface area contributed by atoms with Crippen LogP contribution in [0.5, 0.6) is 0 Å². The first-order chi connectivity index (χ1) is 10.0. The van der Waals surface area contributed by atoms with Crippen LogP contribution in [0.3, 0.4) is 0 Å². The number of hydrogen-bond acceptors (Lipinski definition) is 5. The molecule has 0 bridgehead atoms. The number of carboxylic acid groups (broad SMARTS) is 1. The lowest BCUT2D eigenvalue weighted by atomic mass is 10.0. The Hall–Kier alpha value is -2.12. The molecule has 8 heteroatoms. The van der Waals surface area contributed by atoms with Crippen molar-refractivity contribution < 1.29 is 19.2 Å². The maximum Gasteiger partial charge on any atom is 0.317 e. The highest BCUT2D eigenvalue weighted by molar-refractivity contribution is 5.74. The monoisotopic (exact) mass is 296 g/mol. The number of carboxylic acids is 1. The van der Waals surface area contributed by atoms with Gasteiger partial charge >= 0.3 is 12.0 Å². The van der Waals surface area contributed by atoms with E-state index in [0.29, 0.717) is 44.2 Å². The number of hydrogen-bond donors (Lipinski definition) is 2. The van der Waals surface area contributed by atoms with E-state index in [4.69, 9.17) is 9.63 Å². The topological polar surface area (TPSA) is 109 Å². The lowest BCUT2D eigenvalue weighted by Gasteiger charge is -2.16. The summed E-state index contributed by atoms with van der Waals surface area (Å²) in [6.07, 6.45) is 2.16. The van der Waals surface area contributed by atoms with E-state index in [9.17, 15) is 9.59 Å². The van der Waals surface area contributed by atoms with Gasteiger partial charge in [-0.05, 0) is 25.7 Å². The highest BCUT2D eigenvalue weighted by Gasteiger charge is 2.26. The molecule has 1 atom stereocenters. The maximum absolute atomic E-state index is 12.0. The number of aliphatic carboxylic acids is 1. The van der Waals surface area contributed by atoms with E-state index in [0.717, 1.165) is 6.42 Å². The molecule has 1 aliphatic heterocycles. The minimum absolute atomic E-state index is 0.121. The van der Waals surface area contributed by atoms with E-state index < -0.39 is 5.97 Å². The summed E-state index contributed by atoms with van der Waals surface area (Å²) in [7, 11) is 0. The predicted molar refractivity (Wildman–Crippen MR) is 72.7 cm³/mol. The standard InChI is InChI=1S/C13H20N4O4/c1-9-15-11(21-16-9)4-6-14-13(20)17-7-5-10(8-17)2-3-12(18)19/h10H,2-8H2,1H3,(H,14,20)(H,18,19). The zero-order valence-corrected chi connectivity index (χ0v) is 12.0. The molecule has 1 fully saturated rings. The first-order valence-electron chi connectivity index (χ1n) is 7.08. The van der Waals surface area contributed by atoms with Gasteiger partial charge in [-0.3, -0.25) is 4.79 Å². The van der Waals surface area contributed by atoms with Gasteiger partial charge in [-0.2, -0.15) is 4.98 Å². The summed E-state index contributed by atoms with van der Waals surface area (Å²) in [6.45, 7) is 3.48. The van der Waals surface area contributed by atoms with Crippen molar-refractivity contribution in [3.05, 3.63) is 11.7 Å². The number of likely N-dealkylation sites (tertiary alicyclic amines) is 1. The van der Waals surface area contributed by atoms with Crippen LogP contribution in [0.2, 0.25) is 0 Å². The van der Waals surface area contributed by atoms with Gasteiger partial charge in [-0.25, -0.2) is 4.79 Å². The van der Waals surface area contributed by atoms with Crippen LogP contribution in [0, 0.1) is 12.8 Å². The van der Waals surface area contributed by atoms with Crippen LogP contribution >= 0.6 is 0 Å². The lowest BCUT2D eigenvalue weighted by Crippen LogP contribution is -2.39. The quantitative estimate of drug-likeness (QED) is 0.804. The zero-order valence-electron chi connectivity index (χ0n) is 12.0. The number of aryl methyl sites for hydroxylation is 1. The second kappa shape index (κ2) is 7.05. The molecular formula is C13H20N4O4. The molecule has 1 saturated heterocycles. The molecule has 2 N–H and O–H groups in total. The summed E-state index contributed by atoms with van der Waals surface area (Å²) in [5.74, 6) is 0.587. The van der Waals surface area contributed by atoms with Crippen LogP contribution in [0.1, 0.15) is 31.0 Å². The average molecular weight is 296 g/mol. The Morgan fingerprint density at radius 1 is 1.52 bits per heavy atom. The van der Waals surface area contributed by atoms with Crippen molar-refractivity contribution in [3.63, 3.8) is 0 Å². The van der Waals surface area contributed by atoms with Crippen LogP contribution in [-0.2, 0) is 11.2 Å². The fourth-order valence-electron chi connectivity index (χ4n) is 2.41. The Kier molecular flexibility index (Phi) is 5.13. The Bertz CT molecular complexity index is 502. The molecule has 1 aromatic rings. The molecule has 21 heavy (non-hydrogen) atoms. The van der Waals surface area contributed by atoms with Gasteiger partial charge in [0.2, 0.25) is 5.89 Å². The third-order valence-electron chi connectivity index (χ3n) is 3.52. The lowest BCUT2D eigenvalue weighted by molar-refractivity contribution is -0.137. The molecule has 1 aliphatic rings. The van der Waals surface area contributed by atoms with Gasteiger partial charge < -0.3 is 19.8 Å². The molecule has 0 saturated carbocycles. The summed E-state index contributed by atoms with van der Waals surface area (Å²) < 4.78 is 4.96. The smallest absolute Gasteiger partial charge is 0.317 e. The van der Waals surface area contributed by atoms with E-state index in [1.165, 1.54) is 0 Å². The number of nitrogens with one attached hydrogen (secondary N) is 1. The Morgan fingerprint density at radius 2 is 2.33 bits per heavy atom. The molecule has 0 aromatic carbocycles. The van der Waals surface area contributed by atoms with E-state index >= 15 is 0 Å². The van der Waals surface area contributed by atoms with Gasteiger partial charge in [0, 0.05) is 32.5 Å². The summed E-state index contributed by atoms with van der Waals surface area (Å²) in [4.78, 5) is 28.3. The Balaban J connectivity index is 1.66. The van der Waals surface area contributed by atoms with E-state index in [-0.39, 0.29) is 18.4 Å². The average Bonchev–Trinajstić information content (AvgIpc) is 3.05. The number of urea groups is 1. The van der Waals surface area contributed by atoms with Gasteiger partial charge in [0.15, 0.2) is 5.82 Å². The molecule has 1 aromatic heterocycles. The van der Waals surface area contributed by atoms with E-state index in [2.05, 4.69) is 15.5 Å². The second-order valence-corrected chi connectivity index (χ2v) is 5.25. The van der Waals surface area contributed by atoms with Gasteiger partial charge in [0.05, 0.1) is 0 Å². The molecule has 0 aliphatic carbocycles. The SMILES string of the molecule is Cc1noc(CCNC(=O)N2CCC(CCC(=O)O)C2)n1. The highest BCUT2D eigenvalue weighted by Crippen LogP contribution is 2.20. The van der Waals surface area contributed by atoms with Gasteiger partial charge in [-0.1, -0.05) is 5.16 Å². The predicted octanol–water partition coefficient (Wildman–Crippen LogP) is 0.817. The maximum atomic E-state index is 12.0. The number of nitrogens with zero attached hydrogens (tertiary/aromatic N) is 3. The van der Waals surface area contributed by atoms with Crippen LogP contribution in [0.25, 0.3) is 0 Å². The number of rotatable bonds is 6. The van der Waals surface area contributed by atoms with Crippen molar-refractivity contribution in [2.75, 3.05) is 19.6 Å². The summed E-state index contributed by atoms with van der Waals surface area (Å²) in [5.41, 5.74) is 0. The third kappa shape index (κ3) is 4.73. The fourth-order valence-corrected chi connectivity index (χ4v) is 2.41. The molecule has 116 valence electrons. The van der Waals surface area contributed by atoms with Crippen LogP contribution in [0.4, 0.5) is 4.79 Å². The van der Waals surface area contributed by atoms with Gasteiger partial charge in [-0.15, -0.1) is 0 Å². The normalized spacial score (nSPS) is 18.0. The Labute approximate surface area is 122 Å². The molecule has 2 heterocycles. The van der Waals surface area contributed by atoms with E-state index in [1.807, 2.05) is 0 Å². The number of aromatic nitrogens is 2. The first-order valence-corrected chi connectivity index (χ1v) is 7.08. The second-order valence-electron chi connectivity index (χ2n) is 5.25. The first kappa shape index (κ1) is 15.3. The van der Waals surface area contributed by atoms with Crippen LogP contribution < -0.4 is 5.32 Å². The number of carbonyl (C=O) groups is 2. The molecule has 1 unspecified atom stereocenters. The summed E-state index contributed by atoms with van der Waals surface area (Å²) in [5, 5.41) is 15.2. The molecule has 2 rings (SSSR count). The van der Waals surface area contributed by atoms with Crippen molar-refractivity contribution in [1.29, 1.82) is 0 Å². The zero-order chi connectivity index (χ0) is 15.2. The van der Waals surface area contributed by atoms with Gasteiger partial charge in [0.1, 0.15) is 0 Å². The van der Waals surface area contributed by atoms with Crippen molar-refractivity contribution in [2.24, 2.45) is 5.92 Å². The minimum atomic E-state index is -0.784. The minimum Gasteiger partial charge on any atom is -0.481 e. The number of carbonyl (C=O) groups excluding carboxylic acids is 1. The molecule has 2 amide bonds. The van der Waals surface area contributed by atoms with Crippen LogP contribution in [-0.4, -0.2) is 51.8 Å². The molecular weight excluding hydrogens is 276 g/mol. The van der Waals surface area contributed by atoms with Crippen molar-refractivity contribution in [3.8, 4) is 0 Å². The fraction of sp³-hybridized carbons (Fsp3) is 0.692. The van der Waals surface area contributed by atoms with E-state index in [1.54, 1.807) is 11.8 Å².